The maximum atomic E-state index is 12.8. The second kappa shape index (κ2) is 9.04. The molecule has 1 aliphatic rings. The van der Waals surface area contributed by atoms with Crippen LogP contribution < -0.4 is 5.32 Å². The molecule has 2 atom stereocenters. The number of para-hydroxylation sites is 1. The highest BCUT2D eigenvalue weighted by molar-refractivity contribution is 7.98. The average Bonchev–Trinajstić information content (AvgIpc) is 3.37. The van der Waals surface area contributed by atoms with E-state index < -0.39 is 0 Å². The van der Waals surface area contributed by atoms with Gasteiger partial charge in [-0.1, -0.05) is 24.3 Å². The Balaban J connectivity index is 1.34. The number of thiazole rings is 1. The topological polar surface area (TPSA) is 42.0 Å². The number of fused-ring (bicyclic) bond motifs is 1. The summed E-state index contributed by atoms with van der Waals surface area (Å²) in [5.74, 6) is 2.29. The minimum Gasteiger partial charge on any atom is -0.355 e. The van der Waals surface area contributed by atoms with Crippen LogP contribution in [-0.4, -0.2) is 23.2 Å². The molecule has 140 valence electrons. The van der Waals surface area contributed by atoms with Gasteiger partial charge in [0.2, 0.25) is 5.91 Å². The van der Waals surface area contributed by atoms with Crippen molar-refractivity contribution in [3.63, 3.8) is 0 Å². The molecule has 1 amide bonds. The average molecular weight is 415 g/mol. The van der Waals surface area contributed by atoms with Gasteiger partial charge in [-0.3, -0.25) is 4.79 Å². The van der Waals surface area contributed by atoms with E-state index in [4.69, 9.17) is 4.98 Å². The van der Waals surface area contributed by atoms with Gasteiger partial charge >= 0.3 is 0 Å². The highest BCUT2D eigenvalue weighted by Gasteiger charge is 2.32. The van der Waals surface area contributed by atoms with Crippen LogP contribution in [-0.2, 0) is 10.5 Å². The largest absolute Gasteiger partial charge is 0.355 e. The molecule has 3 nitrogen and oxygen atoms in total. The third-order valence-corrected chi connectivity index (χ3v) is 7.72. The Labute approximate surface area is 171 Å². The molecule has 0 unspecified atom stereocenters. The van der Waals surface area contributed by atoms with Gasteiger partial charge in [0.1, 0.15) is 0 Å². The summed E-state index contributed by atoms with van der Waals surface area (Å²) in [6.45, 7) is 0.723. The first-order valence-electron chi connectivity index (χ1n) is 9.18. The van der Waals surface area contributed by atoms with Crippen LogP contribution in [0.4, 0.5) is 0 Å². The van der Waals surface area contributed by atoms with Crippen LogP contribution in [0.2, 0.25) is 0 Å². The molecule has 0 saturated heterocycles. The molecule has 27 heavy (non-hydrogen) atoms. The Bertz CT molecular complexity index is 884. The summed E-state index contributed by atoms with van der Waals surface area (Å²) in [4.78, 5) is 17.6. The molecule has 0 spiro atoms. The molecule has 4 rings (SSSR count). The van der Waals surface area contributed by atoms with Crippen molar-refractivity contribution in [1.29, 1.82) is 0 Å². The summed E-state index contributed by atoms with van der Waals surface area (Å²) < 4.78 is 1.20. The fourth-order valence-corrected chi connectivity index (χ4v) is 6.09. The van der Waals surface area contributed by atoms with Crippen LogP contribution in [0.3, 0.4) is 0 Å². The first kappa shape index (κ1) is 18.7. The van der Waals surface area contributed by atoms with Crippen molar-refractivity contribution in [2.45, 2.75) is 24.5 Å². The van der Waals surface area contributed by atoms with Crippen LogP contribution in [0.5, 0.6) is 0 Å². The SMILES string of the molecule is O=C(NCCSCc1ccsc1)[C@@H]1CC=CC[C@H]1c1nc2ccccc2s1. The van der Waals surface area contributed by atoms with Crippen molar-refractivity contribution in [2.75, 3.05) is 12.3 Å². The maximum Gasteiger partial charge on any atom is 0.224 e. The number of thiophene rings is 1. The van der Waals surface area contributed by atoms with Crippen molar-refractivity contribution in [3.05, 3.63) is 63.8 Å². The summed E-state index contributed by atoms with van der Waals surface area (Å²) in [7, 11) is 0. The summed E-state index contributed by atoms with van der Waals surface area (Å²) in [5.41, 5.74) is 2.40. The van der Waals surface area contributed by atoms with Gasteiger partial charge < -0.3 is 5.32 Å². The van der Waals surface area contributed by atoms with E-state index in [1.54, 1.807) is 22.7 Å². The smallest absolute Gasteiger partial charge is 0.224 e. The molecule has 0 fully saturated rings. The normalized spacial score (nSPS) is 19.4. The highest BCUT2D eigenvalue weighted by atomic mass is 32.2. The number of hydrogen-bond acceptors (Lipinski definition) is 5. The highest BCUT2D eigenvalue weighted by Crippen LogP contribution is 2.38. The van der Waals surface area contributed by atoms with Crippen molar-refractivity contribution >= 4 is 50.6 Å². The Kier molecular flexibility index (Phi) is 6.27. The van der Waals surface area contributed by atoms with Gasteiger partial charge in [0.25, 0.3) is 0 Å². The standard InChI is InChI=1S/C21H22N2OS3/c24-20(22-10-12-26-14-15-9-11-25-13-15)16-5-1-2-6-17(16)21-23-18-7-3-4-8-19(18)27-21/h1-4,7-9,11,13,16-17H,5-6,10,12,14H2,(H,22,24)/t16-,17-/m1/s1. The lowest BCUT2D eigenvalue weighted by Crippen LogP contribution is -2.36. The minimum absolute atomic E-state index is 0.0163. The third kappa shape index (κ3) is 4.62. The molecule has 2 aromatic heterocycles. The number of nitrogens with one attached hydrogen (secondary N) is 1. The lowest BCUT2D eigenvalue weighted by atomic mass is 9.82. The number of benzene rings is 1. The number of hydrogen-bond donors (Lipinski definition) is 1. The van der Waals surface area contributed by atoms with Crippen LogP contribution >= 0.6 is 34.4 Å². The molecule has 0 radical (unpaired) electrons. The summed E-state index contributed by atoms with van der Waals surface area (Å²) >= 11 is 5.33. The number of thioether (sulfide) groups is 1. The Morgan fingerprint density at radius 1 is 1.22 bits per heavy atom. The van der Waals surface area contributed by atoms with Gasteiger partial charge in [0.15, 0.2) is 0 Å². The van der Waals surface area contributed by atoms with Crippen LogP contribution in [0, 0.1) is 5.92 Å². The van der Waals surface area contributed by atoms with Crippen molar-refractivity contribution in [1.82, 2.24) is 10.3 Å². The lowest BCUT2D eigenvalue weighted by Gasteiger charge is -2.26. The van der Waals surface area contributed by atoms with Gasteiger partial charge in [-0.05, 0) is 47.4 Å². The van der Waals surface area contributed by atoms with Crippen LogP contribution in [0.15, 0.2) is 53.2 Å². The number of nitrogens with zero attached hydrogens (tertiary/aromatic N) is 1. The monoisotopic (exact) mass is 414 g/mol. The molecule has 1 aliphatic carbocycles. The lowest BCUT2D eigenvalue weighted by molar-refractivity contribution is -0.125. The number of allylic oxidation sites excluding steroid dienone is 2. The number of amides is 1. The van der Waals surface area contributed by atoms with Gasteiger partial charge in [0.05, 0.1) is 21.1 Å². The van der Waals surface area contributed by atoms with E-state index in [-0.39, 0.29) is 17.7 Å². The van der Waals surface area contributed by atoms with E-state index >= 15 is 0 Å². The zero-order valence-corrected chi connectivity index (χ0v) is 17.4. The van der Waals surface area contributed by atoms with E-state index in [1.165, 1.54) is 10.3 Å². The van der Waals surface area contributed by atoms with E-state index in [0.717, 1.165) is 41.4 Å². The summed E-state index contributed by atoms with van der Waals surface area (Å²) in [6.07, 6.45) is 6.02. The number of carbonyl (C=O) groups excluding carboxylic acids is 1. The predicted octanol–water partition coefficient (Wildman–Crippen LogP) is 5.46. The molecule has 0 aliphatic heterocycles. The molecular weight excluding hydrogens is 392 g/mol. The number of carbonyl (C=O) groups is 1. The number of rotatable bonds is 7. The molecule has 1 aromatic carbocycles. The van der Waals surface area contributed by atoms with Gasteiger partial charge in [-0.15, -0.1) is 11.3 Å². The van der Waals surface area contributed by atoms with Crippen molar-refractivity contribution in [2.24, 2.45) is 5.92 Å². The zero-order valence-electron chi connectivity index (χ0n) is 15.0. The second-order valence-electron chi connectivity index (χ2n) is 6.65. The second-order valence-corrected chi connectivity index (χ2v) is 9.60. The molecule has 1 N–H and O–H groups in total. The van der Waals surface area contributed by atoms with E-state index in [9.17, 15) is 4.79 Å². The van der Waals surface area contributed by atoms with E-state index in [2.05, 4.69) is 40.4 Å². The zero-order chi connectivity index (χ0) is 18.5. The molecule has 2 heterocycles. The molecule has 6 heteroatoms. The number of aromatic nitrogens is 1. The van der Waals surface area contributed by atoms with E-state index in [0.29, 0.717) is 0 Å². The Morgan fingerprint density at radius 2 is 2.11 bits per heavy atom. The van der Waals surface area contributed by atoms with Crippen molar-refractivity contribution in [3.8, 4) is 0 Å². The minimum atomic E-state index is -0.0163. The van der Waals surface area contributed by atoms with E-state index in [1.807, 2.05) is 30.0 Å². The molecular formula is C21H22N2OS3. The van der Waals surface area contributed by atoms with Crippen LogP contribution in [0.25, 0.3) is 10.2 Å². The molecule has 0 bridgehead atoms. The fraction of sp³-hybridized carbons (Fsp3) is 0.333. The Morgan fingerprint density at radius 3 is 2.96 bits per heavy atom. The maximum absolute atomic E-state index is 12.8. The summed E-state index contributed by atoms with van der Waals surface area (Å²) in [5, 5.41) is 8.53. The quantitative estimate of drug-likeness (QED) is 0.412. The first-order valence-corrected chi connectivity index (χ1v) is 12.1. The third-order valence-electron chi connectivity index (χ3n) is 4.79. The predicted molar refractivity (Wildman–Crippen MR) is 118 cm³/mol. The first-order chi connectivity index (χ1) is 13.3. The van der Waals surface area contributed by atoms with Crippen LogP contribution in [0.1, 0.15) is 29.3 Å². The van der Waals surface area contributed by atoms with Gasteiger partial charge in [-0.25, -0.2) is 4.98 Å². The Hall–Kier alpha value is -1.63. The molecule has 3 aromatic rings. The fourth-order valence-electron chi connectivity index (χ4n) is 3.37. The van der Waals surface area contributed by atoms with Gasteiger partial charge in [-0.2, -0.15) is 23.1 Å². The van der Waals surface area contributed by atoms with Crippen molar-refractivity contribution < 1.29 is 4.79 Å². The molecule has 0 saturated carbocycles. The summed E-state index contributed by atoms with van der Waals surface area (Å²) in [6, 6.07) is 10.4. The van der Waals surface area contributed by atoms with Gasteiger partial charge in [0, 0.05) is 24.0 Å².